The number of fused-ring (bicyclic) bond motifs is 1. The van der Waals surface area contributed by atoms with Crippen molar-refractivity contribution in [1.82, 2.24) is 19.6 Å². The van der Waals surface area contributed by atoms with Gasteiger partial charge in [-0.05, 0) is 12.1 Å². The number of H-pyrrole nitrogens is 1. The van der Waals surface area contributed by atoms with Crippen LogP contribution in [0.25, 0.3) is 11.0 Å². The van der Waals surface area contributed by atoms with Crippen LogP contribution in [0.4, 0.5) is 0 Å². The van der Waals surface area contributed by atoms with E-state index in [1.165, 1.54) is 0 Å². The smallest absolute Gasteiger partial charge is 0.274 e. The summed E-state index contributed by atoms with van der Waals surface area (Å²) in [6.45, 7) is 4.12. The molecule has 0 spiro atoms. The first-order chi connectivity index (χ1) is 10.1. The molecule has 1 aromatic carbocycles. The van der Waals surface area contributed by atoms with Crippen LogP contribution >= 0.6 is 0 Å². The number of nitrogens with zero attached hydrogens (tertiary/aromatic N) is 2. The Hall–Kier alpha value is -1.48. The number of hydrogen-bond donors (Lipinski definition) is 2. The molecule has 0 bridgehead atoms. The number of aromatic nitrogens is 2. The fourth-order valence-corrected chi connectivity index (χ4v) is 3.25. The van der Waals surface area contributed by atoms with Crippen LogP contribution in [0, 0.1) is 0 Å². The third-order valence-corrected chi connectivity index (χ3v) is 4.73. The minimum atomic E-state index is -3.60. The van der Waals surface area contributed by atoms with Gasteiger partial charge in [0.25, 0.3) is 10.0 Å². The molecule has 1 saturated heterocycles. The summed E-state index contributed by atoms with van der Waals surface area (Å²) in [5.41, 5.74) is 1.36. The third kappa shape index (κ3) is 3.41. The van der Waals surface area contributed by atoms with Crippen LogP contribution in [-0.2, 0) is 14.8 Å². The molecule has 1 aliphatic rings. The lowest BCUT2D eigenvalue weighted by Crippen LogP contribution is -2.41. The molecule has 0 amide bonds. The second kappa shape index (κ2) is 6.10. The molecule has 2 heterocycles. The SMILES string of the molecule is O=S(=O)(NCCN1CCOCC1)c1nc2ccccc2[nH]1. The first-order valence-electron chi connectivity index (χ1n) is 6.90. The van der Waals surface area contributed by atoms with Crippen molar-refractivity contribution in [2.45, 2.75) is 5.16 Å². The number of ether oxygens (including phenoxy) is 1. The zero-order chi connectivity index (χ0) is 14.7. The van der Waals surface area contributed by atoms with E-state index in [4.69, 9.17) is 4.74 Å². The molecule has 1 fully saturated rings. The number of aromatic amines is 1. The number of nitrogens with one attached hydrogen (secondary N) is 2. The molecule has 0 aliphatic carbocycles. The van der Waals surface area contributed by atoms with Gasteiger partial charge in [0, 0.05) is 26.2 Å². The van der Waals surface area contributed by atoms with Crippen molar-refractivity contribution in [3.63, 3.8) is 0 Å². The number of imidazole rings is 1. The van der Waals surface area contributed by atoms with E-state index in [0.29, 0.717) is 37.3 Å². The molecule has 0 unspecified atom stereocenters. The molecular weight excluding hydrogens is 292 g/mol. The Morgan fingerprint density at radius 3 is 2.81 bits per heavy atom. The van der Waals surface area contributed by atoms with E-state index < -0.39 is 10.0 Å². The highest BCUT2D eigenvalue weighted by molar-refractivity contribution is 7.89. The Kier molecular flexibility index (Phi) is 4.20. The van der Waals surface area contributed by atoms with E-state index in [2.05, 4.69) is 19.6 Å². The van der Waals surface area contributed by atoms with Crippen molar-refractivity contribution in [2.75, 3.05) is 39.4 Å². The highest BCUT2D eigenvalue weighted by Gasteiger charge is 2.19. The summed E-state index contributed by atoms with van der Waals surface area (Å²) in [6.07, 6.45) is 0. The summed E-state index contributed by atoms with van der Waals surface area (Å²) in [5.74, 6) is 0. The predicted octanol–water partition coefficient (Wildman–Crippen LogP) is 0.173. The molecule has 1 aliphatic heterocycles. The van der Waals surface area contributed by atoms with Crippen molar-refractivity contribution in [2.24, 2.45) is 0 Å². The number of sulfonamides is 1. The van der Waals surface area contributed by atoms with Gasteiger partial charge in [0.2, 0.25) is 5.16 Å². The minimum absolute atomic E-state index is 0.0364. The second-order valence-electron chi connectivity index (χ2n) is 4.91. The lowest BCUT2D eigenvalue weighted by Gasteiger charge is -2.26. The zero-order valence-corrected chi connectivity index (χ0v) is 12.4. The van der Waals surface area contributed by atoms with E-state index in [0.717, 1.165) is 13.1 Å². The van der Waals surface area contributed by atoms with Gasteiger partial charge in [0.05, 0.1) is 24.2 Å². The maximum absolute atomic E-state index is 12.2. The number of rotatable bonds is 5. The molecule has 2 N–H and O–H groups in total. The van der Waals surface area contributed by atoms with E-state index >= 15 is 0 Å². The van der Waals surface area contributed by atoms with Crippen LogP contribution in [-0.4, -0.2) is 62.7 Å². The summed E-state index contributed by atoms with van der Waals surface area (Å²) in [7, 11) is -3.60. The molecule has 114 valence electrons. The Bertz CT molecular complexity index is 674. The average Bonchev–Trinajstić information content (AvgIpc) is 2.93. The van der Waals surface area contributed by atoms with Crippen LogP contribution in [0.1, 0.15) is 0 Å². The van der Waals surface area contributed by atoms with E-state index in [9.17, 15) is 8.42 Å². The van der Waals surface area contributed by atoms with E-state index in [1.54, 1.807) is 12.1 Å². The van der Waals surface area contributed by atoms with Crippen molar-refractivity contribution < 1.29 is 13.2 Å². The Morgan fingerprint density at radius 1 is 1.29 bits per heavy atom. The molecular formula is C13H18N4O3S. The predicted molar refractivity (Wildman–Crippen MR) is 78.5 cm³/mol. The molecule has 2 aromatic rings. The van der Waals surface area contributed by atoms with Gasteiger partial charge in [-0.25, -0.2) is 18.1 Å². The van der Waals surface area contributed by atoms with Crippen LogP contribution in [0.3, 0.4) is 0 Å². The molecule has 0 saturated carbocycles. The maximum Gasteiger partial charge on any atom is 0.274 e. The van der Waals surface area contributed by atoms with Gasteiger partial charge >= 0.3 is 0 Å². The summed E-state index contributed by atoms with van der Waals surface area (Å²) in [5, 5.41) is -0.0364. The number of benzene rings is 1. The van der Waals surface area contributed by atoms with Gasteiger partial charge in [-0.3, -0.25) is 4.90 Å². The van der Waals surface area contributed by atoms with Gasteiger partial charge in [0.15, 0.2) is 0 Å². The standard InChI is InChI=1S/C13H18N4O3S/c18-21(19,14-5-6-17-7-9-20-10-8-17)13-15-11-3-1-2-4-12(11)16-13/h1-4,14H,5-10H2,(H,15,16). The number of para-hydroxylation sites is 2. The normalized spacial score (nSPS) is 17.3. The Balaban J connectivity index is 1.63. The first-order valence-corrected chi connectivity index (χ1v) is 8.38. The summed E-state index contributed by atoms with van der Waals surface area (Å²) in [4.78, 5) is 9.11. The number of morpholine rings is 1. The van der Waals surface area contributed by atoms with Gasteiger partial charge in [-0.2, -0.15) is 0 Å². The summed E-state index contributed by atoms with van der Waals surface area (Å²) >= 11 is 0. The first kappa shape index (κ1) is 14.5. The summed E-state index contributed by atoms with van der Waals surface area (Å²) in [6, 6.07) is 7.24. The van der Waals surface area contributed by atoms with Crippen LogP contribution in [0.2, 0.25) is 0 Å². The molecule has 21 heavy (non-hydrogen) atoms. The second-order valence-corrected chi connectivity index (χ2v) is 6.59. The highest BCUT2D eigenvalue weighted by Crippen LogP contribution is 2.13. The Labute approximate surface area is 123 Å². The lowest BCUT2D eigenvalue weighted by atomic mass is 10.3. The monoisotopic (exact) mass is 310 g/mol. The molecule has 0 radical (unpaired) electrons. The summed E-state index contributed by atoms with van der Waals surface area (Å²) < 4.78 is 32.2. The fraction of sp³-hybridized carbons (Fsp3) is 0.462. The number of hydrogen-bond acceptors (Lipinski definition) is 5. The average molecular weight is 310 g/mol. The molecule has 7 nitrogen and oxygen atoms in total. The minimum Gasteiger partial charge on any atom is -0.379 e. The van der Waals surface area contributed by atoms with Gasteiger partial charge in [0.1, 0.15) is 0 Å². The molecule has 3 rings (SSSR count). The molecule has 1 aromatic heterocycles. The Morgan fingerprint density at radius 2 is 2.05 bits per heavy atom. The van der Waals surface area contributed by atoms with E-state index in [1.807, 2.05) is 12.1 Å². The van der Waals surface area contributed by atoms with Crippen molar-refractivity contribution >= 4 is 21.1 Å². The fourth-order valence-electron chi connectivity index (χ4n) is 2.29. The van der Waals surface area contributed by atoms with Gasteiger partial charge in [-0.1, -0.05) is 12.1 Å². The van der Waals surface area contributed by atoms with Crippen molar-refractivity contribution in [1.29, 1.82) is 0 Å². The third-order valence-electron chi connectivity index (χ3n) is 3.45. The molecule has 0 atom stereocenters. The van der Waals surface area contributed by atoms with Crippen molar-refractivity contribution in [3.05, 3.63) is 24.3 Å². The topological polar surface area (TPSA) is 87.3 Å². The van der Waals surface area contributed by atoms with Crippen molar-refractivity contribution in [3.8, 4) is 0 Å². The quantitative estimate of drug-likeness (QED) is 0.822. The lowest BCUT2D eigenvalue weighted by molar-refractivity contribution is 0.0390. The van der Waals surface area contributed by atoms with Crippen LogP contribution in [0.15, 0.2) is 29.4 Å². The maximum atomic E-state index is 12.2. The van der Waals surface area contributed by atoms with E-state index in [-0.39, 0.29) is 5.16 Å². The van der Waals surface area contributed by atoms with Gasteiger partial charge in [-0.15, -0.1) is 0 Å². The van der Waals surface area contributed by atoms with Crippen LogP contribution < -0.4 is 4.72 Å². The largest absolute Gasteiger partial charge is 0.379 e. The highest BCUT2D eigenvalue weighted by atomic mass is 32.2. The van der Waals surface area contributed by atoms with Gasteiger partial charge < -0.3 is 9.72 Å². The van der Waals surface area contributed by atoms with Crippen LogP contribution in [0.5, 0.6) is 0 Å². The zero-order valence-electron chi connectivity index (χ0n) is 11.6. The molecule has 8 heteroatoms.